The molecular formula is C9H10INO2. The zero-order valence-electron chi connectivity index (χ0n) is 7.43. The van der Waals surface area contributed by atoms with E-state index in [1.54, 1.807) is 12.1 Å². The predicted octanol–water partition coefficient (Wildman–Crippen LogP) is 1.97. The first-order chi connectivity index (χ1) is 6.07. The van der Waals surface area contributed by atoms with Gasteiger partial charge in [-0.25, -0.2) is 4.79 Å². The molecule has 0 bridgehead atoms. The maximum absolute atomic E-state index is 11.2. The van der Waals surface area contributed by atoms with E-state index in [0.717, 1.165) is 9.13 Å². The largest absolute Gasteiger partial charge is 0.465 e. The zero-order chi connectivity index (χ0) is 10.0. The molecular weight excluding hydrogens is 281 g/mol. The standard InChI is InChI=1S/C9H10INO2/c1-5-6(9(12)13-2)3-4-7(10)8(5)11/h3-4H,11H2,1-2H3. The fourth-order valence-electron chi connectivity index (χ4n) is 1.03. The van der Waals surface area contributed by atoms with Gasteiger partial charge in [-0.15, -0.1) is 0 Å². The molecule has 1 rings (SSSR count). The van der Waals surface area contributed by atoms with Gasteiger partial charge in [0.05, 0.1) is 12.7 Å². The van der Waals surface area contributed by atoms with Crippen LogP contribution in [0.3, 0.4) is 0 Å². The number of benzene rings is 1. The van der Waals surface area contributed by atoms with Gasteiger partial charge in [0.15, 0.2) is 0 Å². The summed E-state index contributed by atoms with van der Waals surface area (Å²) in [6, 6.07) is 3.52. The quantitative estimate of drug-likeness (QED) is 0.489. The van der Waals surface area contributed by atoms with E-state index in [1.165, 1.54) is 7.11 Å². The van der Waals surface area contributed by atoms with Crippen molar-refractivity contribution in [3.05, 3.63) is 26.8 Å². The molecule has 0 saturated heterocycles. The molecule has 1 aromatic carbocycles. The van der Waals surface area contributed by atoms with Gasteiger partial charge in [0, 0.05) is 9.26 Å². The molecule has 3 nitrogen and oxygen atoms in total. The molecule has 0 aliphatic heterocycles. The van der Waals surface area contributed by atoms with Crippen LogP contribution in [-0.2, 0) is 4.74 Å². The van der Waals surface area contributed by atoms with Crippen molar-refractivity contribution >= 4 is 34.2 Å². The summed E-state index contributed by atoms with van der Waals surface area (Å²) in [7, 11) is 1.36. The first kappa shape index (κ1) is 10.3. The van der Waals surface area contributed by atoms with E-state index < -0.39 is 0 Å². The number of halogens is 1. The Kier molecular flexibility index (Phi) is 3.13. The summed E-state index contributed by atoms with van der Waals surface area (Å²) in [6.07, 6.45) is 0. The zero-order valence-corrected chi connectivity index (χ0v) is 9.58. The highest BCUT2D eigenvalue weighted by molar-refractivity contribution is 14.1. The van der Waals surface area contributed by atoms with Crippen molar-refractivity contribution in [2.75, 3.05) is 12.8 Å². The molecule has 0 heterocycles. The van der Waals surface area contributed by atoms with Gasteiger partial charge in [-0.05, 0) is 47.2 Å². The molecule has 0 unspecified atom stereocenters. The topological polar surface area (TPSA) is 52.3 Å². The second kappa shape index (κ2) is 3.95. The van der Waals surface area contributed by atoms with Crippen LogP contribution in [0.2, 0.25) is 0 Å². The minimum atomic E-state index is -0.347. The van der Waals surface area contributed by atoms with Crippen LogP contribution in [0, 0.1) is 10.5 Å². The molecule has 0 saturated carbocycles. The molecule has 1 aromatic rings. The van der Waals surface area contributed by atoms with Crippen LogP contribution in [0.4, 0.5) is 5.69 Å². The van der Waals surface area contributed by atoms with E-state index in [2.05, 4.69) is 27.3 Å². The van der Waals surface area contributed by atoms with Gasteiger partial charge in [0.1, 0.15) is 0 Å². The van der Waals surface area contributed by atoms with Crippen LogP contribution < -0.4 is 5.73 Å². The van der Waals surface area contributed by atoms with Crippen molar-refractivity contribution < 1.29 is 9.53 Å². The van der Waals surface area contributed by atoms with E-state index in [4.69, 9.17) is 5.73 Å². The number of carbonyl (C=O) groups is 1. The number of methoxy groups -OCH3 is 1. The normalized spacial score (nSPS) is 9.77. The van der Waals surface area contributed by atoms with Crippen molar-refractivity contribution in [3.63, 3.8) is 0 Å². The van der Waals surface area contributed by atoms with Gasteiger partial charge in [-0.3, -0.25) is 0 Å². The highest BCUT2D eigenvalue weighted by Crippen LogP contribution is 2.22. The van der Waals surface area contributed by atoms with E-state index in [9.17, 15) is 4.79 Å². The summed E-state index contributed by atoms with van der Waals surface area (Å²) in [6.45, 7) is 1.81. The van der Waals surface area contributed by atoms with Crippen molar-refractivity contribution in [2.45, 2.75) is 6.92 Å². The molecule has 0 radical (unpaired) electrons. The maximum Gasteiger partial charge on any atom is 0.338 e. The molecule has 0 aromatic heterocycles. The summed E-state index contributed by atoms with van der Waals surface area (Å²) in [5.74, 6) is -0.347. The summed E-state index contributed by atoms with van der Waals surface area (Å²) >= 11 is 2.13. The molecule has 0 spiro atoms. The molecule has 13 heavy (non-hydrogen) atoms. The van der Waals surface area contributed by atoms with Crippen LogP contribution in [0.5, 0.6) is 0 Å². The number of rotatable bonds is 1. The lowest BCUT2D eigenvalue weighted by Gasteiger charge is -2.07. The molecule has 70 valence electrons. The number of carbonyl (C=O) groups excluding carboxylic acids is 1. The van der Waals surface area contributed by atoms with E-state index in [0.29, 0.717) is 11.3 Å². The van der Waals surface area contributed by atoms with Gasteiger partial charge >= 0.3 is 5.97 Å². The van der Waals surface area contributed by atoms with Gasteiger partial charge in [0.25, 0.3) is 0 Å². The van der Waals surface area contributed by atoms with Crippen LogP contribution >= 0.6 is 22.6 Å². The third-order valence-electron chi connectivity index (χ3n) is 1.87. The molecule has 0 amide bonds. The first-order valence-corrected chi connectivity index (χ1v) is 4.78. The number of anilines is 1. The second-order valence-corrected chi connectivity index (χ2v) is 3.79. The average Bonchev–Trinajstić information content (AvgIpc) is 2.13. The second-order valence-electron chi connectivity index (χ2n) is 2.63. The fourth-order valence-corrected chi connectivity index (χ4v) is 1.61. The van der Waals surface area contributed by atoms with Crippen LogP contribution in [0.25, 0.3) is 0 Å². The fraction of sp³-hybridized carbons (Fsp3) is 0.222. The highest BCUT2D eigenvalue weighted by Gasteiger charge is 2.12. The molecule has 4 heteroatoms. The minimum Gasteiger partial charge on any atom is -0.465 e. The Balaban J connectivity index is 3.26. The molecule has 2 N–H and O–H groups in total. The SMILES string of the molecule is COC(=O)c1ccc(I)c(N)c1C. The third-order valence-corrected chi connectivity index (χ3v) is 2.81. The lowest BCUT2D eigenvalue weighted by molar-refractivity contribution is 0.0600. The van der Waals surface area contributed by atoms with Crippen molar-refractivity contribution in [1.29, 1.82) is 0 Å². The van der Waals surface area contributed by atoms with Gasteiger partial charge < -0.3 is 10.5 Å². The van der Waals surface area contributed by atoms with Crippen molar-refractivity contribution in [3.8, 4) is 0 Å². The first-order valence-electron chi connectivity index (χ1n) is 3.70. The molecule has 0 fully saturated rings. The lowest BCUT2D eigenvalue weighted by Crippen LogP contribution is -2.06. The number of hydrogen-bond donors (Lipinski definition) is 1. The minimum absolute atomic E-state index is 0.347. The molecule has 0 atom stereocenters. The summed E-state index contributed by atoms with van der Waals surface area (Å²) in [5, 5.41) is 0. The van der Waals surface area contributed by atoms with Crippen LogP contribution in [-0.4, -0.2) is 13.1 Å². The van der Waals surface area contributed by atoms with E-state index in [1.807, 2.05) is 6.92 Å². The Hall–Kier alpha value is -0.780. The monoisotopic (exact) mass is 291 g/mol. The Morgan fingerprint density at radius 2 is 2.15 bits per heavy atom. The summed E-state index contributed by atoms with van der Waals surface area (Å²) in [5.41, 5.74) is 7.71. The van der Waals surface area contributed by atoms with Crippen LogP contribution in [0.15, 0.2) is 12.1 Å². The number of ether oxygens (including phenoxy) is 1. The summed E-state index contributed by atoms with van der Waals surface area (Å²) in [4.78, 5) is 11.2. The van der Waals surface area contributed by atoms with Crippen LogP contribution in [0.1, 0.15) is 15.9 Å². The van der Waals surface area contributed by atoms with E-state index >= 15 is 0 Å². The van der Waals surface area contributed by atoms with E-state index in [-0.39, 0.29) is 5.97 Å². The highest BCUT2D eigenvalue weighted by atomic mass is 127. The maximum atomic E-state index is 11.2. The van der Waals surface area contributed by atoms with Gasteiger partial charge in [-0.1, -0.05) is 0 Å². The smallest absolute Gasteiger partial charge is 0.338 e. The number of esters is 1. The van der Waals surface area contributed by atoms with Gasteiger partial charge in [-0.2, -0.15) is 0 Å². The van der Waals surface area contributed by atoms with Crippen molar-refractivity contribution in [2.24, 2.45) is 0 Å². The summed E-state index contributed by atoms with van der Waals surface area (Å²) < 4.78 is 5.56. The Morgan fingerprint density at radius 1 is 1.54 bits per heavy atom. The predicted molar refractivity (Wildman–Crippen MR) is 59.6 cm³/mol. The molecule has 0 aliphatic rings. The average molecular weight is 291 g/mol. The molecule has 0 aliphatic carbocycles. The van der Waals surface area contributed by atoms with Gasteiger partial charge in [0.2, 0.25) is 0 Å². The third kappa shape index (κ3) is 1.93. The Morgan fingerprint density at radius 3 is 2.69 bits per heavy atom. The number of nitrogens with two attached hydrogens (primary N) is 1. The Labute approximate surface area is 90.4 Å². The Bertz CT molecular complexity index is 350. The number of hydrogen-bond acceptors (Lipinski definition) is 3. The number of nitrogen functional groups attached to an aromatic ring is 1. The van der Waals surface area contributed by atoms with Crippen molar-refractivity contribution in [1.82, 2.24) is 0 Å². The lowest BCUT2D eigenvalue weighted by atomic mass is 10.1.